The molecule has 0 atom stereocenters. The fraction of sp³-hybridized carbons (Fsp3) is 0.118. The number of hydrogen-bond donors (Lipinski definition) is 1. The first kappa shape index (κ1) is 12.5. The van der Waals surface area contributed by atoms with Gasteiger partial charge in [-0.2, -0.15) is 0 Å². The Morgan fingerprint density at radius 3 is 2.30 bits per heavy atom. The van der Waals surface area contributed by atoms with E-state index in [0.29, 0.717) is 5.82 Å². The summed E-state index contributed by atoms with van der Waals surface area (Å²) in [6, 6.07) is 18.3. The minimum atomic E-state index is 0.693. The summed E-state index contributed by atoms with van der Waals surface area (Å²) in [6.07, 6.45) is 0. The van der Waals surface area contributed by atoms with E-state index in [1.807, 2.05) is 54.1 Å². The first-order chi connectivity index (χ1) is 9.68. The first-order valence-corrected chi connectivity index (χ1v) is 6.62. The van der Waals surface area contributed by atoms with Crippen LogP contribution in [0.5, 0.6) is 0 Å². The maximum atomic E-state index is 6.24. The molecule has 0 saturated carbocycles. The Morgan fingerprint density at radius 1 is 0.950 bits per heavy atom. The highest BCUT2D eigenvalue weighted by Crippen LogP contribution is 2.31. The van der Waals surface area contributed by atoms with Gasteiger partial charge in [-0.25, -0.2) is 4.98 Å². The standard InChI is InChI=1S/C17H17N3/c1-12-8-6-7-11-14(12)15-16(18)20(2)17(19-15)13-9-4-3-5-10-13/h3-11H,18H2,1-2H3. The number of nitrogen functional groups attached to an aromatic ring is 1. The summed E-state index contributed by atoms with van der Waals surface area (Å²) in [5.74, 6) is 1.58. The van der Waals surface area contributed by atoms with Crippen LogP contribution in [-0.4, -0.2) is 9.55 Å². The summed E-state index contributed by atoms with van der Waals surface area (Å²) in [7, 11) is 1.95. The highest BCUT2D eigenvalue weighted by molar-refractivity contribution is 5.77. The normalized spacial score (nSPS) is 10.7. The second kappa shape index (κ2) is 4.85. The van der Waals surface area contributed by atoms with Crippen LogP contribution in [0, 0.1) is 6.92 Å². The van der Waals surface area contributed by atoms with Crippen molar-refractivity contribution in [3.05, 3.63) is 60.2 Å². The van der Waals surface area contributed by atoms with Crippen LogP contribution in [0.15, 0.2) is 54.6 Å². The molecule has 100 valence electrons. The van der Waals surface area contributed by atoms with Gasteiger partial charge in [0, 0.05) is 18.2 Å². The molecule has 3 aromatic rings. The number of benzene rings is 2. The highest BCUT2D eigenvalue weighted by Gasteiger charge is 2.15. The summed E-state index contributed by atoms with van der Waals surface area (Å²) in [4.78, 5) is 4.75. The molecular weight excluding hydrogens is 246 g/mol. The van der Waals surface area contributed by atoms with Gasteiger partial charge < -0.3 is 10.3 Å². The van der Waals surface area contributed by atoms with Gasteiger partial charge in [-0.05, 0) is 12.5 Å². The topological polar surface area (TPSA) is 43.8 Å². The number of rotatable bonds is 2. The quantitative estimate of drug-likeness (QED) is 0.767. The summed E-state index contributed by atoms with van der Waals surface area (Å²) >= 11 is 0. The van der Waals surface area contributed by atoms with E-state index in [1.54, 1.807) is 0 Å². The van der Waals surface area contributed by atoms with Crippen LogP contribution in [0.1, 0.15) is 5.56 Å². The maximum absolute atomic E-state index is 6.24. The molecule has 0 aliphatic heterocycles. The van der Waals surface area contributed by atoms with Gasteiger partial charge in [0.2, 0.25) is 0 Å². The molecule has 0 radical (unpaired) electrons. The Bertz CT molecular complexity index is 742. The lowest BCUT2D eigenvalue weighted by Crippen LogP contribution is -1.99. The van der Waals surface area contributed by atoms with Crippen molar-refractivity contribution in [3.8, 4) is 22.6 Å². The summed E-state index contributed by atoms with van der Waals surface area (Å²) < 4.78 is 1.94. The van der Waals surface area contributed by atoms with Crippen LogP contribution in [-0.2, 0) is 7.05 Å². The SMILES string of the molecule is Cc1ccccc1-c1nc(-c2ccccc2)n(C)c1N. The van der Waals surface area contributed by atoms with Crippen molar-refractivity contribution in [1.82, 2.24) is 9.55 Å². The molecular formula is C17H17N3. The fourth-order valence-electron chi connectivity index (χ4n) is 2.39. The molecule has 0 amide bonds. The third kappa shape index (κ3) is 1.97. The molecule has 0 aliphatic carbocycles. The van der Waals surface area contributed by atoms with Crippen LogP contribution in [0.3, 0.4) is 0 Å². The molecule has 3 heteroatoms. The molecule has 0 fully saturated rings. The minimum Gasteiger partial charge on any atom is -0.383 e. The lowest BCUT2D eigenvalue weighted by Gasteiger charge is -2.03. The van der Waals surface area contributed by atoms with Crippen LogP contribution in [0.4, 0.5) is 5.82 Å². The van der Waals surface area contributed by atoms with Crippen molar-refractivity contribution < 1.29 is 0 Å². The second-order valence-corrected chi connectivity index (χ2v) is 4.91. The van der Waals surface area contributed by atoms with Gasteiger partial charge in [-0.15, -0.1) is 0 Å². The molecule has 3 rings (SSSR count). The van der Waals surface area contributed by atoms with Crippen molar-refractivity contribution in [2.75, 3.05) is 5.73 Å². The van der Waals surface area contributed by atoms with Gasteiger partial charge in [0.25, 0.3) is 0 Å². The number of anilines is 1. The van der Waals surface area contributed by atoms with Crippen LogP contribution in [0.25, 0.3) is 22.6 Å². The molecule has 2 aromatic carbocycles. The van der Waals surface area contributed by atoms with Crippen molar-refractivity contribution >= 4 is 5.82 Å². The molecule has 0 aliphatic rings. The van der Waals surface area contributed by atoms with E-state index in [0.717, 1.165) is 22.6 Å². The predicted octanol–water partition coefficient (Wildman–Crippen LogP) is 3.64. The number of nitrogens with zero attached hydrogens (tertiary/aromatic N) is 2. The Hall–Kier alpha value is -2.55. The van der Waals surface area contributed by atoms with Crippen molar-refractivity contribution in [1.29, 1.82) is 0 Å². The first-order valence-electron chi connectivity index (χ1n) is 6.62. The number of aryl methyl sites for hydroxylation is 1. The van der Waals surface area contributed by atoms with E-state index in [-0.39, 0.29) is 0 Å². The zero-order valence-corrected chi connectivity index (χ0v) is 11.7. The average molecular weight is 263 g/mol. The molecule has 2 N–H and O–H groups in total. The molecule has 1 heterocycles. The largest absolute Gasteiger partial charge is 0.383 e. The van der Waals surface area contributed by atoms with Crippen LogP contribution >= 0.6 is 0 Å². The van der Waals surface area contributed by atoms with Crippen molar-refractivity contribution in [3.63, 3.8) is 0 Å². The third-order valence-electron chi connectivity index (χ3n) is 3.57. The number of nitrogens with two attached hydrogens (primary N) is 1. The lowest BCUT2D eigenvalue weighted by molar-refractivity contribution is 0.937. The van der Waals surface area contributed by atoms with Gasteiger partial charge in [-0.1, -0.05) is 54.6 Å². The van der Waals surface area contributed by atoms with E-state index >= 15 is 0 Å². The summed E-state index contributed by atoms with van der Waals surface area (Å²) in [6.45, 7) is 2.08. The van der Waals surface area contributed by atoms with Crippen LogP contribution < -0.4 is 5.73 Å². The van der Waals surface area contributed by atoms with E-state index in [2.05, 4.69) is 19.1 Å². The van der Waals surface area contributed by atoms with Crippen molar-refractivity contribution in [2.24, 2.45) is 7.05 Å². The Balaban J connectivity index is 2.19. The van der Waals surface area contributed by atoms with Gasteiger partial charge >= 0.3 is 0 Å². The number of hydrogen-bond acceptors (Lipinski definition) is 2. The molecule has 20 heavy (non-hydrogen) atoms. The number of imidazole rings is 1. The van der Waals surface area contributed by atoms with E-state index in [9.17, 15) is 0 Å². The molecule has 0 bridgehead atoms. The van der Waals surface area contributed by atoms with Gasteiger partial charge in [0.05, 0.1) is 0 Å². The third-order valence-corrected chi connectivity index (χ3v) is 3.57. The summed E-state index contributed by atoms with van der Waals surface area (Å²) in [5.41, 5.74) is 10.4. The average Bonchev–Trinajstić information content (AvgIpc) is 2.77. The highest BCUT2D eigenvalue weighted by atomic mass is 15.1. The van der Waals surface area contributed by atoms with Crippen molar-refractivity contribution in [2.45, 2.75) is 6.92 Å². The zero-order valence-electron chi connectivity index (χ0n) is 11.7. The van der Waals surface area contributed by atoms with E-state index < -0.39 is 0 Å². The molecule has 1 aromatic heterocycles. The minimum absolute atomic E-state index is 0.693. The Labute approximate surface area is 118 Å². The molecule has 0 saturated heterocycles. The summed E-state index contributed by atoms with van der Waals surface area (Å²) in [5, 5.41) is 0. The lowest BCUT2D eigenvalue weighted by atomic mass is 10.1. The predicted molar refractivity (Wildman–Crippen MR) is 83.2 cm³/mol. The smallest absolute Gasteiger partial charge is 0.142 e. The molecule has 0 unspecified atom stereocenters. The van der Waals surface area contributed by atoms with Gasteiger partial charge in [0.1, 0.15) is 17.3 Å². The van der Waals surface area contributed by atoms with E-state index in [1.165, 1.54) is 5.56 Å². The fourth-order valence-corrected chi connectivity index (χ4v) is 2.39. The zero-order chi connectivity index (χ0) is 14.1. The van der Waals surface area contributed by atoms with Gasteiger partial charge in [-0.3, -0.25) is 0 Å². The Morgan fingerprint density at radius 2 is 1.60 bits per heavy atom. The van der Waals surface area contributed by atoms with Crippen LogP contribution in [0.2, 0.25) is 0 Å². The second-order valence-electron chi connectivity index (χ2n) is 4.91. The molecule has 0 spiro atoms. The number of aromatic nitrogens is 2. The maximum Gasteiger partial charge on any atom is 0.142 e. The van der Waals surface area contributed by atoms with Gasteiger partial charge in [0.15, 0.2) is 0 Å². The Kier molecular flexibility index (Phi) is 3.03. The monoisotopic (exact) mass is 263 g/mol. The van der Waals surface area contributed by atoms with E-state index in [4.69, 9.17) is 10.7 Å². The molecule has 3 nitrogen and oxygen atoms in total.